The molecular formula is C24H26O4. The summed E-state index contributed by atoms with van der Waals surface area (Å²) in [5.74, 6) is 0.388. The van der Waals surface area contributed by atoms with Crippen molar-refractivity contribution in [1.29, 1.82) is 0 Å². The molecule has 0 amide bonds. The second-order valence-corrected chi connectivity index (χ2v) is 7.92. The first-order valence-corrected chi connectivity index (χ1v) is 10.2. The zero-order valence-corrected chi connectivity index (χ0v) is 16.0. The minimum Gasteiger partial charge on any atom is -0.426 e. The molecule has 2 atom stereocenters. The molecule has 4 nitrogen and oxygen atoms in total. The van der Waals surface area contributed by atoms with Crippen molar-refractivity contribution in [3.8, 4) is 11.5 Å². The van der Waals surface area contributed by atoms with Crippen molar-refractivity contribution < 1.29 is 19.1 Å². The number of esters is 2. The van der Waals surface area contributed by atoms with Crippen LogP contribution in [0.15, 0.2) is 60.7 Å². The van der Waals surface area contributed by atoms with Crippen LogP contribution in [0.25, 0.3) is 0 Å². The molecule has 0 N–H and O–H groups in total. The van der Waals surface area contributed by atoms with Crippen LogP contribution in [-0.2, 0) is 9.59 Å². The first kappa shape index (κ1) is 18.7. The molecule has 2 aliphatic carbocycles. The Morgan fingerprint density at radius 1 is 0.714 bits per heavy atom. The lowest BCUT2D eigenvalue weighted by Crippen LogP contribution is -2.54. The van der Waals surface area contributed by atoms with Gasteiger partial charge >= 0.3 is 11.9 Å². The van der Waals surface area contributed by atoms with Crippen LogP contribution in [0.3, 0.4) is 0 Å². The summed E-state index contributed by atoms with van der Waals surface area (Å²) >= 11 is 0. The molecule has 0 bridgehead atoms. The van der Waals surface area contributed by atoms with Gasteiger partial charge in [-0.25, -0.2) is 0 Å². The summed E-state index contributed by atoms with van der Waals surface area (Å²) in [5.41, 5.74) is -1.23. The van der Waals surface area contributed by atoms with E-state index in [0.29, 0.717) is 23.8 Å². The fraction of sp³-hybridized carbons (Fsp3) is 0.417. The van der Waals surface area contributed by atoms with Gasteiger partial charge in [-0.3, -0.25) is 9.59 Å². The largest absolute Gasteiger partial charge is 0.426 e. The summed E-state index contributed by atoms with van der Waals surface area (Å²) in [5, 5.41) is 0. The third kappa shape index (κ3) is 3.56. The second-order valence-electron chi connectivity index (χ2n) is 7.92. The van der Waals surface area contributed by atoms with Crippen molar-refractivity contribution in [3.05, 3.63) is 60.7 Å². The molecule has 2 aliphatic rings. The summed E-state index contributed by atoms with van der Waals surface area (Å²) in [7, 11) is 0. The SMILES string of the molecule is O=C(Oc1ccccc1)C1(C(=O)Oc2ccccc2)CCCC2CCCCC21. The molecule has 0 spiro atoms. The quantitative estimate of drug-likeness (QED) is 0.418. The average Bonchev–Trinajstić information content (AvgIpc) is 2.74. The second kappa shape index (κ2) is 8.17. The fourth-order valence-corrected chi connectivity index (χ4v) is 4.99. The van der Waals surface area contributed by atoms with E-state index in [-0.39, 0.29) is 5.92 Å². The van der Waals surface area contributed by atoms with E-state index in [1.54, 1.807) is 24.3 Å². The van der Waals surface area contributed by atoms with E-state index < -0.39 is 17.4 Å². The molecule has 2 fully saturated rings. The van der Waals surface area contributed by atoms with Gasteiger partial charge in [0.2, 0.25) is 0 Å². The Hall–Kier alpha value is -2.62. The molecule has 2 unspecified atom stereocenters. The van der Waals surface area contributed by atoms with Crippen LogP contribution in [0.2, 0.25) is 0 Å². The normalized spacial score (nSPS) is 23.3. The molecular weight excluding hydrogens is 352 g/mol. The number of carbonyl (C=O) groups excluding carboxylic acids is 2. The van der Waals surface area contributed by atoms with E-state index in [2.05, 4.69) is 0 Å². The first-order chi connectivity index (χ1) is 13.7. The van der Waals surface area contributed by atoms with Crippen LogP contribution in [-0.4, -0.2) is 11.9 Å². The minimum atomic E-state index is -1.23. The van der Waals surface area contributed by atoms with Gasteiger partial charge in [0.1, 0.15) is 11.5 Å². The van der Waals surface area contributed by atoms with Gasteiger partial charge in [0.15, 0.2) is 5.41 Å². The van der Waals surface area contributed by atoms with Gasteiger partial charge in [-0.15, -0.1) is 0 Å². The summed E-state index contributed by atoms with van der Waals surface area (Å²) in [6, 6.07) is 18.0. The third-order valence-corrected chi connectivity index (χ3v) is 6.32. The number of carbonyl (C=O) groups is 2. The Morgan fingerprint density at radius 2 is 1.21 bits per heavy atom. The monoisotopic (exact) mass is 378 g/mol. The summed E-state index contributed by atoms with van der Waals surface area (Å²) in [4.78, 5) is 26.9. The highest BCUT2D eigenvalue weighted by molar-refractivity contribution is 6.02. The van der Waals surface area contributed by atoms with E-state index in [0.717, 1.165) is 32.1 Å². The van der Waals surface area contributed by atoms with Gasteiger partial charge in [-0.1, -0.05) is 68.5 Å². The first-order valence-electron chi connectivity index (χ1n) is 10.2. The topological polar surface area (TPSA) is 52.6 Å². The van der Waals surface area contributed by atoms with Gasteiger partial charge in [0.05, 0.1) is 0 Å². The Balaban J connectivity index is 1.67. The van der Waals surface area contributed by atoms with E-state index in [1.165, 1.54) is 6.42 Å². The Morgan fingerprint density at radius 3 is 1.79 bits per heavy atom. The molecule has 0 aliphatic heterocycles. The van der Waals surface area contributed by atoms with Gasteiger partial charge in [-0.2, -0.15) is 0 Å². The lowest BCUT2D eigenvalue weighted by atomic mass is 9.57. The molecule has 2 aromatic rings. The highest BCUT2D eigenvalue weighted by Crippen LogP contribution is 2.52. The van der Waals surface area contributed by atoms with Crippen LogP contribution < -0.4 is 9.47 Å². The van der Waals surface area contributed by atoms with Crippen molar-refractivity contribution in [1.82, 2.24) is 0 Å². The van der Waals surface area contributed by atoms with Crippen molar-refractivity contribution in [3.63, 3.8) is 0 Å². The van der Waals surface area contributed by atoms with Gasteiger partial charge < -0.3 is 9.47 Å². The zero-order chi connectivity index (χ0) is 19.4. The fourth-order valence-electron chi connectivity index (χ4n) is 4.99. The van der Waals surface area contributed by atoms with E-state index in [4.69, 9.17) is 9.47 Å². The van der Waals surface area contributed by atoms with E-state index >= 15 is 0 Å². The number of hydrogen-bond donors (Lipinski definition) is 0. The van der Waals surface area contributed by atoms with Crippen molar-refractivity contribution >= 4 is 11.9 Å². The Bertz CT molecular complexity index is 760. The van der Waals surface area contributed by atoms with Crippen molar-refractivity contribution in [2.45, 2.75) is 44.9 Å². The van der Waals surface area contributed by atoms with E-state index in [9.17, 15) is 9.59 Å². The van der Waals surface area contributed by atoms with Crippen LogP contribution >= 0.6 is 0 Å². The molecule has 4 heteroatoms. The highest BCUT2D eigenvalue weighted by Gasteiger charge is 2.59. The van der Waals surface area contributed by atoms with E-state index in [1.807, 2.05) is 36.4 Å². The lowest BCUT2D eigenvalue weighted by molar-refractivity contribution is -0.172. The Labute approximate surface area is 165 Å². The minimum absolute atomic E-state index is 0.0116. The molecule has 28 heavy (non-hydrogen) atoms. The number of para-hydroxylation sites is 2. The average molecular weight is 378 g/mol. The molecule has 4 rings (SSSR count). The number of fused-ring (bicyclic) bond motifs is 1. The van der Waals surface area contributed by atoms with Gasteiger partial charge in [0, 0.05) is 0 Å². The maximum Gasteiger partial charge on any atom is 0.329 e. The summed E-state index contributed by atoms with van der Waals surface area (Å²) in [6.07, 6.45) is 6.56. The van der Waals surface area contributed by atoms with Crippen LogP contribution in [0, 0.1) is 17.3 Å². The third-order valence-electron chi connectivity index (χ3n) is 6.32. The summed E-state index contributed by atoms with van der Waals surface area (Å²) in [6.45, 7) is 0. The predicted molar refractivity (Wildman–Crippen MR) is 106 cm³/mol. The van der Waals surface area contributed by atoms with Crippen molar-refractivity contribution in [2.75, 3.05) is 0 Å². The standard InChI is InChI=1S/C24H26O4/c25-22(27-19-12-3-1-4-13-19)24(23(26)28-20-14-5-2-6-15-20)17-9-11-18-10-7-8-16-21(18)24/h1-6,12-15,18,21H,7-11,16-17H2. The molecule has 0 saturated heterocycles. The predicted octanol–water partition coefficient (Wildman–Crippen LogP) is 5.17. The maximum atomic E-state index is 13.5. The van der Waals surface area contributed by atoms with Crippen molar-refractivity contribution in [2.24, 2.45) is 17.3 Å². The highest BCUT2D eigenvalue weighted by atomic mass is 16.6. The van der Waals surface area contributed by atoms with Crippen LogP contribution in [0.1, 0.15) is 44.9 Å². The number of rotatable bonds is 4. The lowest BCUT2D eigenvalue weighted by Gasteiger charge is -2.46. The van der Waals surface area contributed by atoms with Crippen LogP contribution in [0.5, 0.6) is 11.5 Å². The molecule has 146 valence electrons. The molecule has 0 radical (unpaired) electrons. The number of hydrogen-bond acceptors (Lipinski definition) is 4. The zero-order valence-electron chi connectivity index (χ0n) is 16.0. The number of ether oxygens (including phenoxy) is 2. The van der Waals surface area contributed by atoms with Crippen LogP contribution in [0.4, 0.5) is 0 Å². The Kier molecular flexibility index (Phi) is 5.47. The molecule has 0 aromatic heterocycles. The van der Waals surface area contributed by atoms with Gasteiger partial charge in [0.25, 0.3) is 0 Å². The summed E-state index contributed by atoms with van der Waals surface area (Å²) < 4.78 is 11.5. The smallest absolute Gasteiger partial charge is 0.329 e. The molecule has 2 aromatic carbocycles. The maximum absolute atomic E-state index is 13.5. The molecule has 0 heterocycles. The number of benzene rings is 2. The van der Waals surface area contributed by atoms with Gasteiger partial charge in [-0.05, 0) is 48.9 Å². The molecule has 2 saturated carbocycles.